The summed E-state index contributed by atoms with van der Waals surface area (Å²) in [7, 11) is 1.84. The first-order valence-electron chi connectivity index (χ1n) is 5.97. The lowest BCUT2D eigenvalue weighted by molar-refractivity contribution is 0.0236. The van der Waals surface area contributed by atoms with Crippen LogP contribution in [0.1, 0.15) is 18.4 Å². The Morgan fingerprint density at radius 1 is 1.41 bits per heavy atom. The molecule has 1 N–H and O–H groups in total. The van der Waals surface area contributed by atoms with E-state index >= 15 is 0 Å². The summed E-state index contributed by atoms with van der Waals surface area (Å²) in [6.07, 6.45) is 1.72. The highest BCUT2D eigenvalue weighted by atomic mass is 19.1. The second-order valence-electron chi connectivity index (χ2n) is 4.19. The van der Waals surface area contributed by atoms with Crippen LogP contribution in [-0.2, 0) is 11.3 Å². The second kappa shape index (κ2) is 5.98. The van der Waals surface area contributed by atoms with Crippen LogP contribution >= 0.6 is 0 Å². The predicted octanol–water partition coefficient (Wildman–Crippen LogP) is 2.10. The quantitative estimate of drug-likeness (QED) is 0.873. The molecule has 3 nitrogen and oxygen atoms in total. The molecule has 94 valence electrons. The minimum absolute atomic E-state index is 0.0660. The van der Waals surface area contributed by atoms with Gasteiger partial charge in [-0.15, -0.1) is 0 Å². The maximum Gasteiger partial charge on any atom is 0.165 e. The molecule has 1 aliphatic heterocycles. The largest absolute Gasteiger partial charge is 0.487 e. The summed E-state index contributed by atoms with van der Waals surface area (Å²) in [5.74, 6) is 0.0954. The van der Waals surface area contributed by atoms with Crippen LogP contribution in [0.5, 0.6) is 5.75 Å². The first kappa shape index (κ1) is 12.3. The molecule has 0 saturated carbocycles. The fourth-order valence-corrected chi connectivity index (χ4v) is 1.98. The number of para-hydroxylation sites is 1. The molecule has 0 bridgehead atoms. The number of halogens is 1. The third-order valence-electron chi connectivity index (χ3n) is 2.87. The Labute approximate surface area is 101 Å². The second-order valence-corrected chi connectivity index (χ2v) is 4.19. The van der Waals surface area contributed by atoms with E-state index in [0.29, 0.717) is 25.5 Å². The molecule has 1 fully saturated rings. The van der Waals surface area contributed by atoms with Crippen molar-refractivity contribution in [1.29, 1.82) is 0 Å². The molecule has 0 spiro atoms. The lowest BCUT2D eigenvalue weighted by Crippen LogP contribution is -2.27. The molecule has 0 atom stereocenters. The first-order valence-corrected chi connectivity index (χ1v) is 5.97. The number of ether oxygens (including phenoxy) is 2. The topological polar surface area (TPSA) is 30.5 Å². The fourth-order valence-electron chi connectivity index (χ4n) is 1.98. The Bertz CT molecular complexity index is 364. The van der Waals surface area contributed by atoms with Gasteiger partial charge in [-0.2, -0.15) is 0 Å². The highest BCUT2D eigenvalue weighted by molar-refractivity contribution is 5.35. The first-order chi connectivity index (χ1) is 8.31. The lowest BCUT2D eigenvalue weighted by Gasteiger charge is -2.24. The van der Waals surface area contributed by atoms with Gasteiger partial charge in [-0.25, -0.2) is 4.39 Å². The highest BCUT2D eigenvalue weighted by Crippen LogP contribution is 2.26. The number of rotatable bonds is 4. The van der Waals surface area contributed by atoms with Gasteiger partial charge in [0.25, 0.3) is 0 Å². The van der Waals surface area contributed by atoms with Crippen LogP contribution in [0, 0.1) is 5.82 Å². The molecule has 1 saturated heterocycles. The van der Waals surface area contributed by atoms with E-state index in [-0.39, 0.29) is 11.9 Å². The van der Waals surface area contributed by atoms with Crippen molar-refractivity contribution in [2.45, 2.75) is 25.5 Å². The molecule has 17 heavy (non-hydrogen) atoms. The van der Waals surface area contributed by atoms with Crippen LogP contribution in [0.2, 0.25) is 0 Å². The number of benzene rings is 1. The Morgan fingerprint density at radius 2 is 2.18 bits per heavy atom. The Balaban J connectivity index is 2.12. The minimum atomic E-state index is -0.288. The highest BCUT2D eigenvalue weighted by Gasteiger charge is 2.18. The zero-order valence-corrected chi connectivity index (χ0v) is 10.0. The maximum absolute atomic E-state index is 13.7. The summed E-state index contributed by atoms with van der Waals surface area (Å²) in [5.41, 5.74) is 0.860. The van der Waals surface area contributed by atoms with Crippen LogP contribution in [0.3, 0.4) is 0 Å². The summed E-state index contributed by atoms with van der Waals surface area (Å²) >= 11 is 0. The van der Waals surface area contributed by atoms with E-state index in [4.69, 9.17) is 9.47 Å². The van der Waals surface area contributed by atoms with Gasteiger partial charge in [0.15, 0.2) is 11.6 Å². The van der Waals surface area contributed by atoms with Gasteiger partial charge in [-0.1, -0.05) is 12.1 Å². The molecule has 2 rings (SSSR count). The number of hydrogen-bond donors (Lipinski definition) is 1. The molecule has 0 aromatic heterocycles. The van der Waals surface area contributed by atoms with E-state index in [2.05, 4.69) is 5.32 Å². The summed E-state index contributed by atoms with van der Waals surface area (Å²) in [6, 6.07) is 5.03. The Kier molecular flexibility index (Phi) is 4.34. The molecule has 0 aliphatic carbocycles. The molecule has 0 amide bonds. The molecule has 1 aromatic rings. The Morgan fingerprint density at radius 3 is 2.88 bits per heavy atom. The molecule has 1 aromatic carbocycles. The van der Waals surface area contributed by atoms with Gasteiger partial charge in [0.2, 0.25) is 0 Å². The van der Waals surface area contributed by atoms with E-state index < -0.39 is 0 Å². The van der Waals surface area contributed by atoms with Crippen LogP contribution < -0.4 is 10.1 Å². The van der Waals surface area contributed by atoms with Crippen molar-refractivity contribution >= 4 is 0 Å². The SMILES string of the molecule is CNCc1cccc(F)c1OC1CCOCC1. The zero-order chi connectivity index (χ0) is 12.1. The molecular formula is C13H18FNO2. The minimum Gasteiger partial charge on any atom is -0.487 e. The Hall–Kier alpha value is -1.13. The average Bonchev–Trinajstić information content (AvgIpc) is 2.35. The van der Waals surface area contributed by atoms with Gasteiger partial charge in [-0.05, 0) is 13.1 Å². The molecule has 4 heteroatoms. The van der Waals surface area contributed by atoms with Crippen LogP contribution in [-0.4, -0.2) is 26.4 Å². The van der Waals surface area contributed by atoms with Crippen LogP contribution in [0.4, 0.5) is 4.39 Å². The van der Waals surface area contributed by atoms with Crippen molar-refractivity contribution in [3.63, 3.8) is 0 Å². The van der Waals surface area contributed by atoms with Crippen LogP contribution in [0.15, 0.2) is 18.2 Å². The summed E-state index contributed by atoms with van der Waals surface area (Å²) in [4.78, 5) is 0. The normalized spacial score (nSPS) is 17.1. The standard InChI is InChI=1S/C13H18FNO2/c1-15-9-10-3-2-4-12(14)13(10)17-11-5-7-16-8-6-11/h2-4,11,15H,5-9H2,1H3. The van der Waals surface area contributed by atoms with Crippen molar-refractivity contribution < 1.29 is 13.9 Å². The van der Waals surface area contributed by atoms with E-state index in [0.717, 1.165) is 18.4 Å². The van der Waals surface area contributed by atoms with Crippen molar-refractivity contribution in [1.82, 2.24) is 5.32 Å². The average molecular weight is 239 g/mol. The van der Waals surface area contributed by atoms with Gasteiger partial charge in [0.1, 0.15) is 6.10 Å². The van der Waals surface area contributed by atoms with Gasteiger partial charge in [0, 0.05) is 24.9 Å². The number of hydrogen-bond acceptors (Lipinski definition) is 3. The van der Waals surface area contributed by atoms with E-state index in [1.165, 1.54) is 6.07 Å². The molecule has 0 radical (unpaired) electrons. The van der Waals surface area contributed by atoms with Gasteiger partial charge >= 0.3 is 0 Å². The summed E-state index contributed by atoms with van der Waals surface area (Å²) in [6.45, 7) is 2.00. The fraction of sp³-hybridized carbons (Fsp3) is 0.538. The molecule has 0 unspecified atom stereocenters. The van der Waals surface area contributed by atoms with Crippen molar-refractivity contribution in [3.05, 3.63) is 29.6 Å². The summed E-state index contributed by atoms with van der Waals surface area (Å²) < 4.78 is 24.8. The van der Waals surface area contributed by atoms with E-state index in [1.54, 1.807) is 6.07 Å². The van der Waals surface area contributed by atoms with Crippen molar-refractivity contribution in [3.8, 4) is 5.75 Å². The smallest absolute Gasteiger partial charge is 0.165 e. The molecular weight excluding hydrogens is 221 g/mol. The predicted molar refractivity (Wildman–Crippen MR) is 63.6 cm³/mol. The number of nitrogens with one attached hydrogen (secondary N) is 1. The maximum atomic E-state index is 13.7. The van der Waals surface area contributed by atoms with Crippen molar-refractivity contribution in [2.24, 2.45) is 0 Å². The van der Waals surface area contributed by atoms with Crippen molar-refractivity contribution in [2.75, 3.05) is 20.3 Å². The van der Waals surface area contributed by atoms with Gasteiger partial charge in [-0.3, -0.25) is 0 Å². The van der Waals surface area contributed by atoms with Gasteiger partial charge < -0.3 is 14.8 Å². The molecule has 1 heterocycles. The van der Waals surface area contributed by atoms with Crippen LogP contribution in [0.25, 0.3) is 0 Å². The third-order valence-corrected chi connectivity index (χ3v) is 2.87. The third kappa shape index (κ3) is 3.17. The zero-order valence-electron chi connectivity index (χ0n) is 10.0. The van der Waals surface area contributed by atoms with E-state index in [1.807, 2.05) is 13.1 Å². The lowest BCUT2D eigenvalue weighted by atomic mass is 10.1. The van der Waals surface area contributed by atoms with E-state index in [9.17, 15) is 4.39 Å². The molecule has 1 aliphatic rings. The van der Waals surface area contributed by atoms with Gasteiger partial charge in [0.05, 0.1) is 13.2 Å². The summed E-state index contributed by atoms with van der Waals surface area (Å²) in [5, 5.41) is 3.02. The monoisotopic (exact) mass is 239 g/mol.